The highest BCUT2D eigenvalue weighted by Crippen LogP contribution is 2.54. The van der Waals surface area contributed by atoms with Crippen LogP contribution < -0.4 is 4.52 Å². The molecule has 0 spiro atoms. The van der Waals surface area contributed by atoms with E-state index in [1.807, 2.05) is 20.8 Å². The Labute approximate surface area is 203 Å². The van der Waals surface area contributed by atoms with Gasteiger partial charge in [0.05, 0.1) is 24.2 Å². The summed E-state index contributed by atoms with van der Waals surface area (Å²) in [7, 11) is -4.12. The van der Waals surface area contributed by atoms with Gasteiger partial charge < -0.3 is 14.4 Å². The summed E-state index contributed by atoms with van der Waals surface area (Å²) < 4.78 is 36.0. The van der Waals surface area contributed by atoms with Crippen molar-refractivity contribution in [1.29, 1.82) is 0 Å². The second kappa shape index (κ2) is 11.7. The van der Waals surface area contributed by atoms with Crippen LogP contribution in [0.3, 0.4) is 0 Å². The van der Waals surface area contributed by atoms with Gasteiger partial charge in [-0.3, -0.25) is 13.8 Å². The molecule has 0 saturated carbocycles. The Morgan fingerprint density at radius 3 is 1.94 bits per heavy atom. The van der Waals surface area contributed by atoms with Gasteiger partial charge in [0.2, 0.25) is 0 Å². The van der Waals surface area contributed by atoms with Crippen LogP contribution in [0.5, 0.6) is 5.75 Å². The van der Waals surface area contributed by atoms with Crippen LogP contribution in [0.1, 0.15) is 104 Å². The standard InChI is InChI=1S/C25H41O8P/c1-11-12-25(9,10)22-18(15-21(26)30-24(6,7)8)13-19(23(27)28)14-20(22)33-34(29,31-16(2)3)32-17(4)5/h13-14,16-17H,11-12,15H2,1-10H3,(H,27,28). The summed E-state index contributed by atoms with van der Waals surface area (Å²) in [5.74, 6) is -1.66. The summed E-state index contributed by atoms with van der Waals surface area (Å²) >= 11 is 0. The van der Waals surface area contributed by atoms with Crippen molar-refractivity contribution in [2.75, 3.05) is 0 Å². The van der Waals surface area contributed by atoms with E-state index in [1.54, 1.807) is 48.5 Å². The van der Waals surface area contributed by atoms with Crippen LogP contribution in [0.25, 0.3) is 0 Å². The van der Waals surface area contributed by atoms with Gasteiger partial charge >= 0.3 is 19.8 Å². The molecule has 1 aromatic rings. The lowest BCUT2D eigenvalue weighted by molar-refractivity contribution is -0.153. The van der Waals surface area contributed by atoms with Gasteiger partial charge in [-0.15, -0.1) is 0 Å². The number of ether oxygens (including phenoxy) is 1. The molecule has 0 aromatic heterocycles. The van der Waals surface area contributed by atoms with E-state index in [-0.39, 0.29) is 17.7 Å². The highest BCUT2D eigenvalue weighted by Gasteiger charge is 2.37. The third-order valence-electron chi connectivity index (χ3n) is 4.63. The van der Waals surface area contributed by atoms with Crippen LogP contribution in [0.4, 0.5) is 0 Å². The first-order chi connectivity index (χ1) is 15.4. The van der Waals surface area contributed by atoms with Crippen molar-refractivity contribution in [2.24, 2.45) is 0 Å². The molecule has 1 rings (SSSR count). The molecule has 0 radical (unpaired) electrons. The maximum absolute atomic E-state index is 13.5. The second-order valence-electron chi connectivity index (χ2n) is 10.6. The monoisotopic (exact) mass is 500 g/mol. The van der Waals surface area contributed by atoms with Gasteiger partial charge in [-0.1, -0.05) is 27.2 Å². The number of phosphoric ester groups is 1. The fraction of sp³-hybridized carbons (Fsp3) is 0.680. The molecule has 0 aliphatic heterocycles. The Hall–Kier alpha value is -1.89. The van der Waals surface area contributed by atoms with Crippen LogP contribution in [0.2, 0.25) is 0 Å². The first kappa shape index (κ1) is 30.1. The van der Waals surface area contributed by atoms with E-state index in [0.717, 1.165) is 6.42 Å². The van der Waals surface area contributed by atoms with Crippen molar-refractivity contribution in [3.05, 3.63) is 28.8 Å². The Bertz CT molecular complexity index is 898. The van der Waals surface area contributed by atoms with Crippen LogP contribution in [0, 0.1) is 0 Å². The minimum atomic E-state index is -4.12. The molecular formula is C25H41O8P. The third kappa shape index (κ3) is 9.40. The normalized spacial score (nSPS) is 12.8. The molecule has 0 aliphatic carbocycles. The number of hydrogen-bond acceptors (Lipinski definition) is 7. The second-order valence-corrected chi connectivity index (χ2v) is 12.1. The van der Waals surface area contributed by atoms with E-state index in [1.165, 1.54) is 12.1 Å². The van der Waals surface area contributed by atoms with E-state index in [2.05, 4.69) is 0 Å². The van der Waals surface area contributed by atoms with Gasteiger partial charge in [0, 0.05) is 5.56 Å². The molecule has 34 heavy (non-hydrogen) atoms. The average molecular weight is 501 g/mol. The third-order valence-corrected chi connectivity index (χ3v) is 6.41. The maximum Gasteiger partial charge on any atom is 0.530 e. The van der Waals surface area contributed by atoms with Crippen molar-refractivity contribution in [3.8, 4) is 5.75 Å². The highest BCUT2D eigenvalue weighted by atomic mass is 31.2. The molecule has 194 valence electrons. The molecular weight excluding hydrogens is 459 g/mol. The lowest BCUT2D eigenvalue weighted by Gasteiger charge is -2.32. The quantitative estimate of drug-likeness (QED) is 0.250. The molecule has 0 bridgehead atoms. The van der Waals surface area contributed by atoms with Crippen LogP contribution in [-0.4, -0.2) is 34.9 Å². The molecule has 0 unspecified atom stereocenters. The van der Waals surface area contributed by atoms with Crippen molar-refractivity contribution in [3.63, 3.8) is 0 Å². The molecule has 8 nitrogen and oxygen atoms in total. The zero-order chi connectivity index (χ0) is 26.5. The Balaban J connectivity index is 3.79. The van der Waals surface area contributed by atoms with E-state index in [0.29, 0.717) is 17.5 Å². The molecule has 9 heteroatoms. The number of rotatable bonds is 12. The van der Waals surface area contributed by atoms with Gasteiger partial charge in [-0.25, -0.2) is 9.36 Å². The number of carboxylic acids is 1. The summed E-state index contributed by atoms with van der Waals surface area (Å²) in [6.07, 6.45) is 0.414. The molecule has 0 amide bonds. The molecule has 0 saturated heterocycles. The van der Waals surface area contributed by atoms with Crippen LogP contribution in [-0.2, 0) is 35.0 Å². The summed E-state index contributed by atoms with van der Waals surface area (Å²) in [6.45, 7) is 18.0. The van der Waals surface area contributed by atoms with E-state index >= 15 is 0 Å². The first-order valence-corrected chi connectivity index (χ1v) is 13.1. The average Bonchev–Trinajstić information content (AvgIpc) is 2.57. The van der Waals surface area contributed by atoms with E-state index < -0.39 is 43.0 Å². The predicted molar refractivity (Wildman–Crippen MR) is 132 cm³/mol. The summed E-state index contributed by atoms with van der Waals surface area (Å²) in [5, 5.41) is 9.74. The smallest absolute Gasteiger partial charge is 0.478 e. The fourth-order valence-corrected chi connectivity index (χ4v) is 5.32. The number of carbonyl (C=O) groups excluding carboxylic acids is 1. The topological polar surface area (TPSA) is 108 Å². The lowest BCUT2D eigenvalue weighted by Crippen LogP contribution is -2.27. The van der Waals surface area contributed by atoms with E-state index in [9.17, 15) is 19.3 Å². The maximum atomic E-state index is 13.5. The Morgan fingerprint density at radius 2 is 1.53 bits per heavy atom. The van der Waals surface area contributed by atoms with Crippen molar-refractivity contribution in [1.82, 2.24) is 0 Å². The zero-order valence-electron chi connectivity index (χ0n) is 22.2. The SMILES string of the molecule is CCCC(C)(C)c1c(CC(=O)OC(C)(C)C)cc(C(=O)O)cc1OP(=O)(OC(C)C)OC(C)C. The lowest BCUT2D eigenvalue weighted by atomic mass is 9.76. The van der Waals surface area contributed by atoms with Crippen molar-refractivity contribution in [2.45, 2.75) is 112 Å². The highest BCUT2D eigenvalue weighted by molar-refractivity contribution is 7.49. The largest absolute Gasteiger partial charge is 0.530 e. The minimum Gasteiger partial charge on any atom is -0.478 e. The van der Waals surface area contributed by atoms with Gasteiger partial charge in [-0.2, -0.15) is 0 Å². The van der Waals surface area contributed by atoms with E-state index in [4.69, 9.17) is 18.3 Å². The minimum absolute atomic E-state index is 0.0570. The fourth-order valence-electron chi connectivity index (χ4n) is 3.76. The van der Waals surface area contributed by atoms with Gasteiger partial charge in [0.1, 0.15) is 11.4 Å². The van der Waals surface area contributed by atoms with Crippen molar-refractivity contribution < 1.29 is 37.6 Å². The predicted octanol–water partition coefficient (Wildman–Crippen LogP) is 6.68. The van der Waals surface area contributed by atoms with Crippen molar-refractivity contribution >= 4 is 19.8 Å². The Kier molecular flexibility index (Phi) is 10.4. The molecule has 0 heterocycles. The number of phosphoric acid groups is 1. The summed E-state index contributed by atoms with van der Waals surface area (Å²) in [5.41, 5.74) is -0.344. The number of carbonyl (C=O) groups is 2. The van der Waals surface area contributed by atoms with Crippen LogP contribution in [0.15, 0.2) is 12.1 Å². The van der Waals surface area contributed by atoms with Gasteiger partial charge in [0.15, 0.2) is 0 Å². The summed E-state index contributed by atoms with van der Waals surface area (Å²) in [6, 6.07) is 2.76. The van der Waals surface area contributed by atoms with Gasteiger partial charge in [-0.05, 0) is 78.0 Å². The molecule has 0 fully saturated rings. The molecule has 1 aromatic carbocycles. The number of aromatic carboxylic acids is 1. The molecule has 0 aliphatic rings. The number of carboxylic acid groups (broad SMARTS) is 1. The van der Waals surface area contributed by atoms with Gasteiger partial charge in [0.25, 0.3) is 0 Å². The number of esters is 1. The Morgan fingerprint density at radius 1 is 1.00 bits per heavy atom. The molecule has 0 atom stereocenters. The number of hydrogen-bond donors (Lipinski definition) is 1. The number of benzene rings is 1. The summed E-state index contributed by atoms with van der Waals surface area (Å²) in [4.78, 5) is 24.6. The first-order valence-electron chi connectivity index (χ1n) is 11.7. The zero-order valence-corrected chi connectivity index (χ0v) is 23.1. The molecule has 1 N–H and O–H groups in total. The van der Waals surface area contributed by atoms with Crippen LogP contribution >= 0.6 is 7.82 Å².